The summed E-state index contributed by atoms with van der Waals surface area (Å²) in [5.41, 5.74) is 3.01. The molecule has 2 unspecified atom stereocenters. The van der Waals surface area contributed by atoms with Gasteiger partial charge in [0, 0.05) is 50.3 Å². The van der Waals surface area contributed by atoms with Gasteiger partial charge in [-0.3, -0.25) is 19.8 Å². The molecule has 3 heterocycles. The fraction of sp³-hybridized carbons (Fsp3) is 0.611. The van der Waals surface area contributed by atoms with E-state index >= 15 is 0 Å². The third-order valence-electron chi connectivity index (χ3n) is 5.08. The van der Waals surface area contributed by atoms with Crippen LogP contribution in [0.3, 0.4) is 0 Å². The van der Waals surface area contributed by atoms with Crippen molar-refractivity contribution in [3.8, 4) is 6.07 Å². The average Bonchev–Trinajstić information content (AvgIpc) is 3.16. The second-order valence-corrected chi connectivity index (χ2v) is 8.06. The van der Waals surface area contributed by atoms with Gasteiger partial charge in [-0.25, -0.2) is 4.98 Å². The molecular formula is C18H27N7O2S. The fourth-order valence-electron chi connectivity index (χ4n) is 3.46. The molecule has 0 saturated carbocycles. The summed E-state index contributed by atoms with van der Waals surface area (Å²) < 4.78 is 0. The molecule has 1 aromatic heterocycles. The number of hydrogen-bond acceptors (Lipinski definition) is 8. The molecule has 3 N–H and O–H groups in total. The number of aromatic nitrogens is 1. The Morgan fingerprint density at radius 1 is 1.43 bits per heavy atom. The van der Waals surface area contributed by atoms with E-state index < -0.39 is 0 Å². The van der Waals surface area contributed by atoms with Crippen molar-refractivity contribution in [2.24, 2.45) is 0 Å². The smallest absolute Gasteiger partial charge is 0.239 e. The number of thioether (sulfide) groups is 1. The Bertz CT molecular complexity index is 664. The van der Waals surface area contributed by atoms with E-state index in [1.807, 2.05) is 6.07 Å². The summed E-state index contributed by atoms with van der Waals surface area (Å²) in [6.45, 7) is 3.06. The lowest BCUT2D eigenvalue weighted by Crippen LogP contribution is -3.18. The van der Waals surface area contributed by atoms with Crippen molar-refractivity contribution in [1.29, 1.82) is 5.26 Å². The van der Waals surface area contributed by atoms with Crippen LogP contribution in [0.2, 0.25) is 0 Å². The Morgan fingerprint density at radius 3 is 2.96 bits per heavy atom. The van der Waals surface area contributed by atoms with Gasteiger partial charge in [0.15, 0.2) is 0 Å². The maximum Gasteiger partial charge on any atom is 0.239 e. The molecule has 0 spiro atoms. The molecule has 2 aliphatic heterocycles. The number of nitrogens with one attached hydrogen (secondary N) is 3. The van der Waals surface area contributed by atoms with E-state index in [1.54, 1.807) is 30.1 Å². The lowest BCUT2D eigenvalue weighted by Gasteiger charge is -2.37. The number of hydroxylamine groups is 1. The Balaban J connectivity index is 1.32. The van der Waals surface area contributed by atoms with Crippen LogP contribution in [0.25, 0.3) is 0 Å². The third kappa shape index (κ3) is 6.13. The van der Waals surface area contributed by atoms with Crippen molar-refractivity contribution in [3.05, 3.63) is 29.6 Å². The Labute approximate surface area is 169 Å². The number of likely N-dealkylation sites (tertiary alicyclic amines) is 1. The molecule has 2 aliphatic rings. The quantitative estimate of drug-likeness (QED) is 0.486. The Kier molecular flexibility index (Phi) is 8.02. The van der Waals surface area contributed by atoms with Gasteiger partial charge in [0.25, 0.3) is 0 Å². The molecule has 2 atom stereocenters. The lowest BCUT2D eigenvalue weighted by atomic mass is 10.1. The van der Waals surface area contributed by atoms with Gasteiger partial charge in [-0.15, -0.1) is 11.8 Å². The Morgan fingerprint density at radius 2 is 2.25 bits per heavy atom. The predicted molar refractivity (Wildman–Crippen MR) is 108 cm³/mol. The molecule has 1 aromatic rings. The highest BCUT2D eigenvalue weighted by atomic mass is 32.2. The van der Waals surface area contributed by atoms with E-state index in [9.17, 15) is 10.0 Å². The topological polar surface area (TPSA) is 112 Å². The molecule has 28 heavy (non-hydrogen) atoms. The van der Waals surface area contributed by atoms with Gasteiger partial charge in [0.2, 0.25) is 5.91 Å². The number of rotatable bonds is 8. The number of quaternary nitrogens is 1. The summed E-state index contributed by atoms with van der Waals surface area (Å²) in [5, 5.41) is 24.3. The molecule has 1 amide bonds. The van der Waals surface area contributed by atoms with E-state index in [-0.39, 0.29) is 23.2 Å². The SMILES string of the molecule is N#CC1CSCN1CCN[NH+]([O-])C1CCN(CC(=O)Nc2ccccn2)CC1. The Hall–Kier alpha value is -1.74. The molecular weight excluding hydrogens is 378 g/mol. The number of carbonyl (C=O) groups excluding carboxylic acids is 1. The number of hydrogen-bond donors (Lipinski definition) is 3. The summed E-state index contributed by atoms with van der Waals surface area (Å²) >= 11 is 1.76. The number of nitrogens with zero attached hydrogens (tertiary/aromatic N) is 4. The van der Waals surface area contributed by atoms with Gasteiger partial charge in [0.05, 0.1) is 19.2 Å². The van der Waals surface area contributed by atoms with Crippen LogP contribution >= 0.6 is 11.8 Å². The standard InChI is InChI=1S/C18H27N7O2S/c19-11-16-13-28-14-24(16)10-7-21-25(27)15-4-8-23(9-5-15)12-18(26)22-17-3-1-2-6-20-17/h1-3,6,15-16,21,25H,4-5,7-10,12-14H2,(H,20,22,26). The van der Waals surface area contributed by atoms with E-state index in [0.717, 1.165) is 37.6 Å². The molecule has 2 saturated heterocycles. The monoisotopic (exact) mass is 405 g/mol. The van der Waals surface area contributed by atoms with Crippen LogP contribution in [0, 0.1) is 16.5 Å². The zero-order valence-corrected chi connectivity index (χ0v) is 16.7. The molecule has 152 valence electrons. The first-order valence-corrected chi connectivity index (χ1v) is 10.7. The van der Waals surface area contributed by atoms with E-state index in [2.05, 4.69) is 31.6 Å². The van der Waals surface area contributed by atoms with Crippen molar-refractivity contribution >= 4 is 23.5 Å². The van der Waals surface area contributed by atoms with Crippen molar-refractivity contribution < 1.29 is 9.97 Å². The molecule has 2 fully saturated rings. The number of pyridine rings is 1. The van der Waals surface area contributed by atoms with Crippen molar-refractivity contribution in [2.75, 3.05) is 49.7 Å². The summed E-state index contributed by atoms with van der Waals surface area (Å²) in [6, 6.07) is 7.65. The number of piperidine rings is 1. The summed E-state index contributed by atoms with van der Waals surface area (Å²) in [4.78, 5) is 20.4. The predicted octanol–water partition coefficient (Wildman–Crippen LogP) is -0.730. The molecule has 0 aliphatic carbocycles. The molecule has 9 nitrogen and oxygen atoms in total. The number of anilines is 1. The number of carbonyl (C=O) groups is 1. The molecule has 0 radical (unpaired) electrons. The zero-order chi connectivity index (χ0) is 19.8. The van der Waals surface area contributed by atoms with E-state index in [0.29, 0.717) is 25.5 Å². The first-order valence-electron chi connectivity index (χ1n) is 9.58. The third-order valence-corrected chi connectivity index (χ3v) is 6.14. The van der Waals surface area contributed by atoms with Gasteiger partial charge in [0.1, 0.15) is 17.9 Å². The first kappa shape index (κ1) is 21.0. The molecule has 0 aromatic carbocycles. The van der Waals surface area contributed by atoms with Crippen LogP contribution < -0.4 is 15.9 Å². The van der Waals surface area contributed by atoms with E-state index in [1.165, 1.54) is 0 Å². The maximum atomic E-state index is 12.4. The second-order valence-electron chi connectivity index (χ2n) is 7.06. The van der Waals surface area contributed by atoms with Crippen LogP contribution in [-0.4, -0.2) is 77.1 Å². The van der Waals surface area contributed by atoms with Crippen molar-refractivity contribution in [1.82, 2.24) is 20.2 Å². The first-order chi connectivity index (χ1) is 13.7. The van der Waals surface area contributed by atoms with Crippen molar-refractivity contribution in [3.63, 3.8) is 0 Å². The highest BCUT2D eigenvalue weighted by Gasteiger charge is 2.27. The molecule has 3 rings (SSSR count). The minimum atomic E-state index is -0.0860. The van der Waals surface area contributed by atoms with Gasteiger partial charge < -0.3 is 10.5 Å². The molecule has 10 heteroatoms. The maximum absolute atomic E-state index is 12.4. The highest BCUT2D eigenvalue weighted by molar-refractivity contribution is 7.99. The number of nitriles is 1. The normalized spacial score (nSPS) is 22.6. The van der Waals surface area contributed by atoms with E-state index in [4.69, 9.17) is 5.26 Å². The highest BCUT2D eigenvalue weighted by Crippen LogP contribution is 2.19. The molecule has 0 bridgehead atoms. The van der Waals surface area contributed by atoms with Gasteiger partial charge in [-0.1, -0.05) is 6.07 Å². The summed E-state index contributed by atoms with van der Waals surface area (Å²) in [5.74, 6) is 2.16. The van der Waals surface area contributed by atoms with Gasteiger partial charge in [-0.05, 0) is 12.1 Å². The largest absolute Gasteiger partial charge is 0.613 e. The van der Waals surface area contributed by atoms with Gasteiger partial charge in [-0.2, -0.15) is 10.7 Å². The minimum Gasteiger partial charge on any atom is -0.613 e. The summed E-state index contributed by atoms with van der Waals surface area (Å²) in [6.07, 6.45) is 3.15. The average molecular weight is 406 g/mol. The van der Waals surface area contributed by atoms with Crippen LogP contribution in [0.5, 0.6) is 0 Å². The lowest BCUT2D eigenvalue weighted by molar-refractivity contribution is -0.923. The fourth-order valence-corrected chi connectivity index (χ4v) is 4.62. The van der Waals surface area contributed by atoms with Crippen LogP contribution in [0.1, 0.15) is 12.8 Å². The van der Waals surface area contributed by atoms with Crippen molar-refractivity contribution in [2.45, 2.75) is 24.9 Å². The van der Waals surface area contributed by atoms with Crippen LogP contribution in [0.15, 0.2) is 24.4 Å². The zero-order valence-electron chi connectivity index (χ0n) is 15.8. The second kappa shape index (κ2) is 10.7. The minimum absolute atomic E-state index is 0.00480. The number of amides is 1. The van der Waals surface area contributed by atoms with Gasteiger partial charge >= 0.3 is 0 Å². The van der Waals surface area contributed by atoms with Crippen LogP contribution in [-0.2, 0) is 4.79 Å². The van der Waals surface area contributed by atoms with Crippen LogP contribution in [0.4, 0.5) is 5.82 Å². The summed E-state index contributed by atoms with van der Waals surface area (Å²) in [7, 11) is 0.